The summed E-state index contributed by atoms with van der Waals surface area (Å²) in [7, 11) is 0. The molecule has 0 aromatic carbocycles. The number of halogens is 4. The Bertz CT molecular complexity index is 317. The Morgan fingerprint density at radius 1 is 1.25 bits per heavy atom. The fourth-order valence-corrected chi connectivity index (χ4v) is 0.763. The average molecular weight is 198 g/mol. The van der Waals surface area contributed by atoms with E-state index in [2.05, 4.69) is 4.98 Å². The molecule has 0 saturated carbocycles. The maximum atomic E-state index is 12.6. The Kier molecular flexibility index (Phi) is 2.39. The van der Waals surface area contributed by atoms with Crippen molar-refractivity contribution in [2.75, 3.05) is 5.43 Å². The van der Waals surface area contributed by atoms with Crippen molar-refractivity contribution in [2.24, 2.45) is 5.84 Å². The second-order valence-electron chi connectivity index (χ2n) is 1.84. The van der Waals surface area contributed by atoms with E-state index in [-0.39, 0.29) is 0 Å². The van der Waals surface area contributed by atoms with Crippen molar-refractivity contribution in [1.29, 1.82) is 0 Å². The van der Waals surface area contributed by atoms with Crippen LogP contribution in [-0.4, -0.2) is 4.98 Å². The number of nitrogens with two attached hydrogens (primary N) is 1. The summed E-state index contributed by atoms with van der Waals surface area (Å²) in [6.45, 7) is 0. The molecule has 1 aromatic rings. The number of hydrogen-bond acceptors (Lipinski definition) is 3. The highest BCUT2D eigenvalue weighted by Gasteiger charge is 2.17. The van der Waals surface area contributed by atoms with Gasteiger partial charge in [-0.2, -0.15) is 13.8 Å². The summed E-state index contributed by atoms with van der Waals surface area (Å²) < 4.78 is 37.2. The molecule has 3 N–H and O–H groups in total. The van der Waals surface area contributed by atoms with Crippen LogP contribution in [-0.2, 0) is 0 Å². The Morgan fingerprint density at radius 3 is 2.33 bits per heavy atom. The van der Waals surface area contributed by atoms with Gasteiger partial charge >= 0.3 is 0 Å². The van der Waals surface area contributed by atoms with Crippen LogP contribution in [0.25, 0.3) is 0 Å². The molecule has 0 fully saturated rings. The number of hydrazine groups is 1. The Balaban J connectivity index is 3.39. The molecule has 0 aliphatic heterocycles. The van der Waals surface area contributed by atoms with Crippen molar-refractivity contribution in [2.45, 2.75) is 0 Å². The lowest BCUT2D eigenvalue weighted by molar-refractivity contribution is 0.428. The molecule has 12 heavy (non-hydrogen) atoms. The van der Waals surface area contributed by atoms with Gasteiger partial charge in [0.2, 0.25) is 5.82 Å². The largest absolute Gasteiger partial charge is 0.307 e. The van der Waals surface area contributed by atoms with Crippen LogP contribution in [0.3, 0.4) is 0 Å². The molecule has 0 bridgehead atoms. The quantitative estimate of drug-likeness (QED) is 0.407. The summed E-state index contributed by atoms with van der Waals surface area (Å²) in [5, 5.41) is -0.684. The van der Waals surface area contributed by atoms with Gasteiger partial charge in [-0.3, -0.25) is 0 Å². The minimum atomic E-state index is -1.72. The number of anilines is 1. The lowest BCUT2D eigenvalue weighted by Gasteiger charge is -2.03. The van der Waals surface area contributed by atoms with Gasteiger partial charge in [-0.05, 0) is 0 Å². The zero-order valence-electron chi connectivity index (χ0n) is 5.54. The average Bonchev–Trinajstić information content (AvgIpc) is 2.08. The normalized spacial score (nSPS) is 10.1. The highest BCUT2D eigenvalue weighted by Crippen LogP contribution is 2.24. The molecule has 0 atom stereocenters. The van der Waals surface area contributed by atoms with Crippen LogP contribution in [0.4, 0.5) is 19.0 Å². The molecule has 7 heteroatoms. The summed E-state index contributed by atoms with van der Waals surface area (Å²) in [6.07, 6.45) is 0. The van der Waals surface area contributed by atoms with E-state index in [4.69, 9.17) is 17.4 Å². The van der Waals surface area contributed by atoms with Crippen molar-refractivity contribution in [3.05, 3.63) is 22.6 Å². The van der Waals surface area contributed by atoms with Gasteiger partial charge < -0.3 is 5.43 Å². The molecular weight excluding hydrogens is 195 g/mol. The molecule has 0 saturated heterocycles. The third-order valence-electron chi connectivity index (χ3n) is 1.12. The van der Waals surface area contributed by atoms with Gasteiger partial charge in [-0.1, -0.05) is 11.6 Å². The number of aromatic nitrogens is 1. The molecule has 0 spiro atoms. The molecule has 0 aliphatic carbocycles. The zero-order valence-corrected chi connectivity index (χ0v) is 6.29. The van der Waals surface area contributed by atoms with E-state index in [1.807, 2.05) is 5.43 Å². The van der Waals surface area contributed by atoms with E-state index in [9.17, 15) is 13.2 Å². The van der Waals surface area contributed by atoms with Gasteiger partial charge in [0.15, 0.2) is 11.6 Å². The smallest absolute Gasteiger partial charge is 0.254 e. The first-order valence-corrected chi connectivity index (χ1v) is 3.12. The number of pyridine rings is 1. The van der Waals surface area contributed by atoms with Gasteiger partial charge in [0.05, 0.1) is 0 Å². The first kappa shape index (κ1) is 9.08. The lowest BCUT2D eigenvalue weighted by Crippen LogP contribution is -2.12. The molecule has 1 aromatic heterocycles. The van der Waals surface area contributed by atoms with E-state index >= 15 is 0 Å². The maximum absolute atomic E-state index is 12.6. The molecule has 1 rings (SSSR count). The fraction of sp³-hybridized carbons (Fsp3) is 0. The van der Waals surface area contributed by atoms with Crippen LogP contribution in [0, 0.1) is 17.6 Å². The van der Waals surface area contributed by atoms with Crippen LogP contribution < -0.4 is 11.3 Å². The molecule has 0 unspecified atom stereocenters. The monoisotopic (exact) mass is 197 g/mol. The molecule has 0 amide bonds. The van der Waals surface area contributed by atoms with Crippen molar-refractivity contribution in [3.63, 3.8) is 0 Å². The fourth-order valence-electron chi connectivity index (χ4n) is 0.583. The molecule has 0 aliphatic rings. The van der Waals surface area contributed by atoms with Crippen LogP contribution in [0.1, 0.15) is 0 Å². The van der Waals surface area contributed by atoms with E-state index in [1.54, 1.807) is 0 Å². The van der Waals surface area contributed by atoms with Gasteiger partial charge in [0.25, 0.3) is 5.95 Å². The number of hydrogen-bond donors (Lipinski definition) is 2. The van der Waals surface area contributed by atoms with E-state index < -0.39 is 28.4 Å². The molecule has 1 heterocycles. The molecular formula is C5H3ClF3N3. The van der Waals surface area contributed by atoms with E-state index in [0.717, 1.165) is 0 Å². The Labute approximate surface area is 70.3 Å². The Morgan fingerprint density at radius 2 is 1.83 bits per heavy atom. The highest BCUT2D eigenvalue weighted by atomic mass is 35.5. The summed E-state index contributed by atoms with van der Waals surface area (Å²) in [5.41, 5.74) is 1.81. The van der Waals surface area contributed by atoms with Crippen molar-refractivity contribution >= 4 is 17.4 Å². The van der Waals surface area contributed by atoms with E-state index in [0.29, 0.717) is 0 Å². The first-order chi connectivity index (χ1) is 5.57. The molecule has 66 valence electrons. The van der Waals surface area contributed by atoms with Crippen molar-refractivity contribution in [1.82, 2.24) is 4.98 Å². The Hall–Kier alpha value is -1.01. The minimum absolute atomic E-state index is 0.451. The minimum Gasteiger partial charge on any atom is -0.307 e. The van der Waals surface area contributed by atoms with E-state index in [1.165, 1.54) is 0 Å². The second-order valence-corrected chi connectivity index (χ2v) is 2.22. The predicted octanol–water partition coefficient (Wildman–Crippen LogP) is 1.44. The van der Waals surface area contributed by atoms with Gasteiger partial charge in [-0.25, -0.2) is 10.2 Å². The standard InChI is InChI=1S/C5H3ClF3N3/c6-1-2(7)3(8)4(9)11-5(1)12-10/h10H2,(H,11,12). The summed E-state index contributed by atoms with van der Waals surface area (Å²) in [6, 6.07) is 0. The molecule has 0 radical (unpaired) electrons. The lowest BCUT2D eigenvalue weighted by atomic mass is 10.4. The van der Waals surface area contributed by atoms with Crippen LogP contribution in [0.5, 0.6) is 0 Å². The third kappa shape index (κ3) is 1.30. The summed E-state index contributed by atoms with van der Waals surface area (Å²) >= 11 is 5.18. The predicted molar refractivity (Wildman–Crippen MR) is 36.9 cm³/mol. The van der Waals surface area contributed by atoms with Crippen molar-refractivity contribution in [3.8, 4) is 0 Å². The zero-order chi connectivity index (χ0) is 9.30. The summed E-state index contributed by atoms with van der Waals surface area (Å²) in [4.78, 5) is 2.90. The highest BCUT2D eigenvalue weighted by molar-refractivity contribution is 6.33. The third-order valence-corrected chi connectivity index (χ3v) is 1.47. The summed E-state index contributed by atoms with van der Waals surface area (Å²) in [5.74, 6) is -0.498. The van der Waals surface area contributed by atoms with Crippen LogP contribution in [0.2, 0.25) is 5.02 Å². The first-order valence-electron chi connectivity index (χ1n) is 2.74. The number of nitrogens with one attached hydrogen (secondary N) is 1. The van der Waals surface area contributed by atoms with Crippen LogP contribution >= 0.6 is 11.6 Å². The topological polar surface area (TPSA) is 50.9 Å². The van der Waals surface area contributed by atoms with Gasteiger partial charge in [0, 0.05) is 0 Å². The van der Waals surface area contributed by atoms with Crippen LogP contribution in [0.15, 0.2) is 0 Å². The van der Waals surface area contributed by atoms with Gasteiger partial charge in [-0.15, -0.1) is 0 Å². The molecule has 3 nitrogen and oxygen atoms in total. The maximum Gasteiger partial charge on any atom is 0.254 e. The van der Waals surface area contributed by atoms with Gasteiger partial charge in [0.1, 0.15) is 5.02 Å². The number of nitrogens with zero attached hydrogens (tertiary/aromatic N) is 1. The second kappa shape index (κ2) is 3.16. The number of rotatable bonds is 1. The number of nitrogen functional groups attached to an aromatic ring is 1. The van der Waals surface area contributed by atoms with Crippen molar-refractivity contribution < 1.29 is 13.2 Å². The SMILES string of the molecule is NNc1nc(F)c(F)c(F)c1Cl.